The number of halogens is 2. The van der Waals surface area contributed by atoms with Crippen molar-refractivity contribution in [1.29, 1.82) is 0 Å². The molecular weight excluding hydrogens is 401 g/mol. The van der Waals surface area contributed by atoms with E-state index in [0.717, 1.165) is 37.6 Å². The van der Waals surface area contributed by atoms with Crippen LogP contribution in [0.1, 0.15) is 16.8 Å². The zero-order valence-electron chi connectivity index (χ0n) is 17.2. The lowest BCUT2D eigenvalue weighted by atomic mass is 9.97. The minimum absolute atomic E-state index is 0.291. The molecule has 0 saturated carbocycles. The van der Waals surface area contributed by atoms with Crippen LogP contribution >= 0.6 is 11.6 Å². The van der Waals surface area contributed by atoms with Gasteiger partial charge < -0.3 is 4.74 Å². The third-order valence-corrected chi connectivity index (χ3v) is 5.66. The van der Waals surface area contributed by atoms with Gasteiger partial charge in [0.2, 0.25) is 0 Å². The SMILES string of the molecule is COc1ccc(Cc2ccc(CN3CCN(C)C3)nc2)c(F)c1-c1cccc(Cl)c1. The molecule has 0 bridgehead atoms. The van der Waals surface area contributed by atoms with Crippen LogP contribution in [0.25, 0.3) is 11.1 Å². The molecule has 0 aliphatic carbocycles. The number of likely N-dealkylation sites (N-methyl/N-ethyl adjacent to an activating group) is 1. The molecule has 2 heterocycles. The summed E-state index contributed by atoms with van der Waals surface area (Å²) in [6, 6.07) is 14.8. The first kappa shape index (κ1) is 20.8. The molecule has 4 rings (SSSR count). The van der Waals surface area contributed by atoms with Gasteiger partial charge in [-0.2, -0.15) is 0 Å². The zero-order valence-corrected chi connectivity index (χ0v) is 18.0. The van der Waals surface area contributed by atoms with Gasteiger partial charge in [-0.15, -0.1) is 0 Å². The fourth-order valence-corrected chi connectivity index (χ4v) is 4.04. The topological polar surface area (TPSA) is 28.6 Å². The highest BCUT2D eigenvalue weighted by molar-refractivity contribution is 6.30. The molecule has 0 spiro atoms. The Kier molecular flexibility index (Phi) is 6.32. The molecule has 1 aliphatic rings. The van der Waals surface area contributed by atoms with E-state index in [0.29, 0.717) is 33.9 Å². The van der Waals surface area contributed by atoms with Gasteiger partial charge in [-0.25, -0.2) is 4.39 Å². The number of nitrogens with zero attached hydrogens (tertiary/aromatic N) is 3. The van der Waals surface area contributed by atoms with Crippen molar-refractivity contribution in [3.8, 4) is 16.9 Å². The Morgan fingerprint density at radius 3 is 2.67 bits per heavy atom. The Labute approximate surface area is 181 Å². The fourth-order valence-electron chi connectivity index (χ4n) is 3.85. The van der Waals surface area contributed by atoms with E-state index in [-0.39, 0.29) is 5.82 Å². The highest BCUT2D eigenvalue weighted by Crippen LogP contribution is 2.36. The smallest absolute Gasteiger partial charge is 0.138 e. The second kappa shape index (κ2) is 9.13. The summed E-state index contributed by atoms with van der Waals surface area (Å²) in [6.45, 7) is 3.94. The van der Waals surface area contributed by atoms with E-state index in [4.69, 9.17) is 16.3 Å². The van der Waals surface area contributed by atoms with Gasteiger partial charge >= 0.3 is 0 Å². The molecule has 30 heavy (non-hydrogen) atoms. The lowest BCUT2D eigenvalue weighted by Gasteiger charge is -2.15. The number of hydrogen-bond acceptors (Lipinski definition) is 4. The number of hydrogen-bond donors (Lipinski definition) is 0. The zero-order chi connectivity index (χ0) is 21.1. The Morgan fingerprint density at radius 2 is 2.00 bits per heavy atom. The predicted octanol–water partition coefficient (Wildman–Crippen LogP) is 4.85. The average Bonchev–Trinajstić information content (AvgIpc) is 3.15. The number of rotatable bonds is 6. The van der Waals surface area contributed by atoms with Crippen molar-refractivity contribution in [2.45, 2.75) is 13.0 Å². The largest absolute Gasteiger partial charge is 0.496 e. The van der Waals surface area contributed by atoms with Crippen molar-refractivity contribution in [2.75, 3.05) is 33.9 Å². The summed E-state index contributed by atoms with van der Waals surface area (Å²) in [5.74, 6) is 0.198. The number of ether oxygens (including phenoxy) is 1. The van der Waals surface area contributed by atoms with Gasteiger partial charge in [0.1, 0.15) is 11.6 Å². The maximum Gasteiger partial charge on any atom is 0.138 e. The van der Waals surface area contributed by atoms with Crippen molar-refractivity contribution < 1.29 is 9.13 Å². The van der Waals surface area contributed by atoms with Crippen molar-refractivity contribution >= 4 is 11.6 Å². The van der Waals surface area contributed by atoms with E-state index in [2.05, 4.69) is 21.8 Å². The van der Waals surface area contributed by atoms with Gasteiger partial charge in [0.05, 0.1) is 25.0 Å². The fraction of sp³-hybridized carbons (Fsp3) is 0.292. The van der Waals surface area contributed by atoms with E-state index in [1.165, 1.54) is 0 Å². The third-order valence-electron chi connectivity index (χ3n) is 5.42. The maximum absolute atomic E-state index is 15.5. The summed E-state index contributed by atoms with van der Waals surface area (Å²) < 4.78 is 20.9. The van der Waals surface area contributed by atoms with Crippen molar-refractivity contribution in [1.82, 2.24) is 14.8 Å². The van der Waals surface area contributed by atoms with Gasteiger partial charge in [-0.05, 0) is 48.0 Å². The van der Waals surface area contributed by atoms with Crippen LogP contribution in [0.15, 0.2) is 54.7 Å². The quantitative estimate of drug-likeness (QED) is 0.564. The molecule has 0 N–H and O–H groups in total. The summed E-state index contributed by atoms with van der Waals surface area (Å²) in [5.41, 5.74) is 3.73. The first-order valence-electron chi connectivity index (χ1n) is 9.99. The average molecular weight is 426 g/mol. The van der Waals surface area contributed by atoms with Gasteiger partial charge in [0, 0.05) is 37.3 Å². The Hall–Kier alpha value is -2.47. The molecule has 6 heteroatoms. The van der Waals surface area contributed by atoms with Gasteiger partial charge in [-0.1, -0.05) is 35.9 Å². The highest BCUT2D eigenvalue weighted by Gasteiger charge is 2.18. The number of aromatic nitrogens is 1. The van der Waals surface area contributed by atoms with Crippen molar-refractivity contribution in [3.05, 3.63) is 82.4 Å². The lowest BCUT2D eigenvalue weighted by Crippen LogP contribution is -2.23. The van der Waals surface area contributed by atoms with Gasteiger partial charge in [0.15, 0.2) is 0 Å². The summed E-state index contributed by atoms with van der Waals surface area (Å²) in [5, 5.41) is 0.559. The van der Waals surface area contributed by atoms with Crippen molar-refractivity contribution in [3.63, 3.8) is 0 Å². The lowest BCUT2D eigenvalue weighted by molar-refractivity contribution is 0.265. The second-order valence-electron chi connectivity index (χ2n) is 7.73. The molecule has 4 nitrogen and oxygen atoms in total. The van der Waals surface area contributed by atoms with E-state index in [1.54, 1.807) is 31.4 Å². The van der Waals surface area contributed by atoms with Crippen LogP contribution in [0.3, 0.4) is 0 Å². The minimum Gasteiger partial charge on any atom is -0.496 e. The van der Waals surface area contributed by atoms with E-state index in [9.17, 15) is 0 Å². The number of methoxy groups -OCH3 is 1. The molecule has 0 amide bonds. The normalized spacial score (nSPS) is 14.9. The monoisotopic (exact) mass is 425 g/mol. The summed E-state index contributed by atoms with van der Waals surface area (Å²) in [4.78, 5) is 9.25. The van der Waals surface area contributed by atoms with Crippen LogP contribution in [0.4, 0.5) is 4.39 Å². The predicted molar refractivity (Wildman–Crippen MR) is 118 cm³/mol. The van der Waals surface area contributed by atoms with Gasteiger partial charge in [0.25, 0.3) is 0 Å². The third kappa shape index (κ3) is 4.64. The van der Waals surface area contributed by atoms with Crippen LogP contribution in [-0.2, 0) is 13.0 Å². The molecule has 1 aliphatic heterocycles. The Balaban J connectivity index is 1.55. The second-order valence-corrected chi connectivity index (χ2v) is 8.17. The molecular formula is C24H25ClFN3O. The molecule has 156 valence electrons. The molecule has 0 atom stereocenters. The standard InChI is InChI=1S/C24H25ClFN3O/c1-28-10-11-29(16-28)15-21-8-6-17(14-27-21)12-19-7-9-22(30-2)23(24(19)26)18-4-3-5-20(25)13-18/h3-9,13-14H,10-12,15-16H2,1-2H3. The molecule has 0 radical (unpaired) electrons. The van der Waals surface area contributed by atoms with Gasteiger partial charge in [-0.3, -0.25) is 14.8 Å². The van der Waals surface area contributed by atoms with E-state index < -0.39 is 0 Å². The summed E-state index contributed by atoms with van der Waals surface area (Å²) in [7, 11) is 3.67. The molecule has 2 aromatic carbocycles. The number of benzene rings is 2. The van der Waals surface area contributed by atoms with Crippen LogP contribution < -0.4 is 4.74 Å². The molecule has 3 aromatic rings. The Morgan fingerprint density at radius 1 is 1.13 bits per heavy atom. The minimum atomic E-state index is -0.291. The van der Waals surface area contributed by atoms with Crippen LogP contribution in [-0.4, -0.2) is 48.7 Å². The van der Waals surface area contributed by atoms with Crippen LogP contribution in [0.2, 0.25) is 5.02 Å². The first-order chi connectivity index (χ1) is 14.5. The van der Waals surface area contributed by atoms with Crippen LogP contribution in [0.5, 0.6) is 5.75 Å². The maximum atomic E-state index is 15.5. The first-order valence-corrected chi connectivity index (χ1v) is 10.4. The Bertz CT molecular complexity index is 1030. The van der Waals surface area contributed by atoms with E-state index in [1.807, 2.05) is 30.5 Å². The summed E-state index contributed by atoms with van der Waals surface area (Å²) in [6.07, 6.45) is 2.31. The molecule has 0 unspecified atom stereocenters. The summed E-state index contributed by atoms with van der Waals surface area (Å²) >= 11 is 6.12. The van der Waals surface area contributed by atoms with Crippen molar-refractivity contribution in [2.24, 2.45) is 0 Å². The molecule has 1 saturated heterocycles. The molecule has 1 aromatic heterocycles. The molecule has 1 fully saturated rings. The highest BCUT2D eigenvalue weighted by atomic mass is 35.5. The van der Waals surface area contributed by atoms with E-state index >= 15 is 4.39 Å². The number of pyridine rings is 1. The van der Waals surface area contributed by atoms with Crippen LogP contribution in [0, 0.1) is 5.82 Å².